The summed E-state index contributed by atoms with van der Waals surface area (Å²) in [6.45, 7) is 3.03. The molecule has 0 aromatic heterocycles. The quantitative estimate of drug-likeness (QED) is 0.718. The van der Waals surface area contributed by atoms with Crippen LogP contribution in [-0.4, -0.2) is 38.3 Å². The molecular formula is C13H22N2O2. The van der Waals surface area contributed by atoms with Crippen molar-refractivity contribution < 1.29 is 9.53 Å². The predicted molar refractivity (Wildman–Crippen MR) is 66.8 cm³/mol. The fourth-order valence-corrected chi connectivity index (χ4v) is 2.32. The summed E-state index contributed by atoms with van der Waals surface area (Å²) in [6.07, 6.45) is 7.54. The largest absolute Gasteiger partial charge is 0.378 e. The van der Waals surface area contributed by atoms with Crippen molar-refractivity contribution in [2.45, 2.75) is 38.1 Å². The van der Waals surface area contributed by atoms with E-state index in [1.807, 2.05) is 0 Å². The highest BCUT2D eigenvalue weighted by molar-refractivity contribution is 5.78. The van der Waals surface area contributed by atoms with E-state index in [0.717, 1.165) is 26.0 Å². The third-order valence-electron chi connectivity index (χ3n) is 3.32. The lowest BCUT2D eigenvalue weighted by Crippen LogP contribution is -2.48. The Bertz CT molecular complexity index is 283. The third kappa shape index (κ3) is 4.48. The van der Waals surface area contributed by atoms with Crippen molar-refractivity contribution in [3.63, 3.8) is 0 Å². The van der Waals surface area contributed by atoms with E-state index >= 15 is 0 Å². The first-order valence-corrected chi connectivity index (χ1v) is 6.60. The first kappa shape index (κ1) is 12.6. The Morgan fingerprint density at radius 3 is 3.18 bits per heavy atom. The van der Waals surface area contributed by atoms with Gasteiger partial charge >= 0.3 is 0 Å². The van der Waals surface area contributed by atoms with Crippen LogP contribution in [0.2, 0.25) is 0 Å². The minimum atomic E-state index is 0.144. The van der Waals surface area contributed by atoms with Crippen LogP contribution >= 0.6 is 0 Å². The Morgan fingerprint density at radius 1 is 1.53 bits per heavy atom. The molecular weight excluding hydrogens is 216 g/mol. The molecule has 0 aromatic carbocycles. The van der Waals surface area contributed by atoms with E-state index in [0.29, 0.717) is 19.6 Å². The summed E-state index contributed by atoms with van der Waals surface area (Å²) in [6, 6.07) is 0.271. The Morgan fingerprint density at radius 2 is 2.47 bits per heavy atom. The SMILES string of the molecule is O=C(CC1=CCCCC1)NCC1COCCN1. The van der Waals surface area contributed by atoms with Gasteiger partial charge in [-0.2, -0.15) is 0 Å². The van der Waals surface area contributed by atoms with Crippen LogP contribution in [0.25, 0.3) is 0 Å². The first-order chi connectivity index (χ1) is 8.34. The van der Waals surface area contributed by atoms with Crippen molar-refractivity contribution in [3.8, 4) is 0 Å². The number of rotatable bonds is 4. The maximum absolute atomic E-state index is 11.7. The number of nitrogens with one attached hydrogen (secondary N) is 2. The zero-order valence-electron chi connectivity index (χ0n) is 10.3. The summed E-state index contributed by atoms with van der Waals surface area (Å²) in [5.74, 6) is 0.144. The van der Waals surface area contributed by atoms with E-state index < -0.39 is 0 Å². The number of hydrogen-bond acceptors (Lipinski definition) is 3. The smallest absolute Gasteiger partial charge is 0.224 e. The molecule has 96 valence electrons. The number of ether oxygens (including phenoxy) is 1. The molecule has 17 heavy (non-hydrogen) atoms. The van der Waals surface area contributed by atoms with Crippen molar-refractivity contribution >= 4 is 5.91 Å². The summed E-state index contributed by atoms with van der Waals surface area (Å²) >= 11 is 0. The molecule has 1 unspecified atom stereocenters. The van der Waals surface area contributed by atoms with Gasteiger partial charge in [0.2, 0.25) is 5.91 Å². The molecule has 1 atom stereocenters. The number of morpholine rings is 1. The van der Waals surface area contributed by atoms with E-state index in [-0.39, 0.29) is 11.9 Å². The van der Waals surface area contributed by atoms with E-state index in [9.17, 15) is 4.79 Å². The molecule has 1 amide bonds. The fraction of sp³-hybridized carbons (Fsp3) is 0.769. The van der Waals surface area contributed by atoms with Crippen molar-refractivity contribution in [2.75, 3.05) is 26.3 Å². The minimum absolute atomic E-state index is 0.144. The lowest BCUT2D eigenvalue weighted by atomic mass is 9.97. The average molecular weight is 238 g/mol. The Hall–Kier alpha value is -0.870. The van der Waals surface area contributed by atoms with E-state index in [1.165, 1.54) is 18.4 Å². The highest BCUT2D eigenvalue weighted by Gasteiger charge is 2.14. The Labute approximate surface area is 103 Å². The van der Waals surface area contributed by atoms with Crippen molar-refractivity contribution in [1.29, 1.82) is 0 Å². The van der Waals surface area contributed by atoms with Crippen molar-refractivity contribution in [3.05, 3.63) is 11.6 Å². The molecule has 1 aliphatic carbocycles. The Balaban J connectivity index is 1.64. The molecule has 2 aliphatic rings. The summed E-state index contributed by atoms with van der Waals surface area (Å²) < 4.78 is 5.34. The van der Waals surface area contributed by atoms with E-state index in [1.54, 1.807) is 0 Å². The highest BCUT2D eigenvalue weighted by atomic mass is 16.5. The number of amides is 1. The van der Waals surface area contributed by atoms with Crippen LogP contribution in [0.4, 0.5) is 0 Å². The molecule has 0 aromatic rings. The zero-order valence-corrected chi connectivity index (χ0v) is 10.3. The molecule has 4 nitrogen and oxygen atoms in total. The normalized spacial score (nSPS) is 25.2. The summed E-state index contributed by atoms with van der Waals surface area (Å²) in [4.78, 5) is 11.7. The molecule has 2 N–H and O–H groups in total. The lowest BCUT2D eigenvalue weighted by molar-refractivity contribution is -0.120. The van der Waals surface area contributed by atoms with Crippen LogP contribution in [0.1, 0.15) is 32.1 Å². The molecule has 0 spiro atoms. The molecule has 1 heterocycles. The van der Waals surface area contributed by atoms with Gasteiger partial charge in [0.1, 0.15) is 0 Å². The molecule has 0 radical (unpaired) electrons. The second kappa shape index (κ2) is 6.77. The van der Waals surface area contributed by atoms with Gasteiger partial charge < -0.3 is 15.4 Å². The second-order valence-corrected chi connectivity index (χ2v) is 4.81. The molecule has 1 fully saturated rings. The van der Waals surface area contributed by atoms with Crippen LogP contribution in [0, 0.1) is 0 Å². The molecule has 1 aliphatic heterocycles. The van der Waals surface area contributed by atoms with Gasteiger partial charge in [-0.15, -0.1) is 0 Å². The molecule has 0 bridgehead atoms. The van der Waals surface area contributed by atoms with Crippen LogP contribution in [0.15, 0.2) is 11.6 Å². The first-order valence-electron chi connectivity index (χ1n) is 6.60. The third-order valence-corrected chi connectivity index (χ3v) is 3.32. The molecule has 4 heteroatoms. The van der Waals surface area contributed by atoms with Gasteiger partial charge in [-0.3, -0.25) is 4.79 Å². The van der Waals surface area contributed by atoms with Gasteiger partial charge in [0.25, 0.3) is 0 Å². The Kier molecular flexibility index (Phi) is 5.01. The van der Waals surface area contributed by atoms with Crippen LogP contribution in [0.3, 0.4) is 0 Å². The van der Waals surface area contributed by atoms with E-state index in [2.05, 4.69) is 16.7 Å². The standard InChI is InChI=1S/C13H22N2O2/c16-13(8-11-4-2-1-3-5-11)15-9-12-10-17-7-6-14-12/h4,12,14H,1-3,5-10H2,(H,15,16). The topological polar surface area (TPSA) is 50.4 Å². The van der Waals surface area contributed by atoms with Crippen molar-refractivity contribution in [1.82, 2.24) is 10.6 Å². The number of carbonyl (C=O) groups is 1. The predicted octanol–water partition coefficient (Wildman–Crippen LogP) is 0.981. The van der Waals surface area contributed by atoms with Crippen LogP contribution in [0.5, 0.6) is 0 Å². The molecule has 2 rings (SSSR count). The monoisotopic (exact) mass is 238 g/mol. The number of allylic oxidation sites excluding steroid dienone is 1. The average Bonchev–Trinajstić information content (AvgIpc) is 2.39. The summed E-state index contributed by atoms with van der Waals surface area (Å²) in [5, 5.41) is 6.30. The zero-order chi connectivity index (χ0) is 11.9. The van der Waals surface area contributed by atoms with Gasteiger partial charge in [0.15, 0.2) is 0 Å². The summed E-state index contributed by atoms with van der Waals surface area (Å²) in [5.41, 5.74) is 1.31. The lowest BCUT2D eigenvalue weighted by Gasteiger charge is -2.24. The van der Waals surface area contributed by atoms with Crippen molar-refractivity contribution in [2.24, 2.45) is 0 Å². The number of carbonyl (C=O) groups excluding carboxylic acids is 1. The summed E-state index contributed by atoms with van der Waals surface area (Å²) in [7, 11) is 0. The van der Waals surface area contributed by atoms with Gasteiger partial charge in [-0.05, 0) is 25.7 Å². The van der Waals surface area contributed by atoms with Gasteiger partial charge in [0.05, 0.1) is 13.2 Å². The maximum atomic E-state index is 11.7. The minimum Gasteiger partial charge on any atom is -0.378 e. The molecule has 0 saturated carbocycles. The van der Waals surface area contributed by atoms with Gasteiger partial charge in [0, 0.05) is 25.6 Å². The number of hydrogen-bond donors (Lipinski definition) is 2. The molecule has 1 saturated heterocycles. The van der Waals surface area contributed by atoms with Crippen LogP contribution < -0.4 is 10.6 Å². The highest BCUT2D eigenvalue weighted by Crippen LogP contribution is 2.19. The van der Waals surface area contributed by atoms with Gasteiger partial charge in [-0.25, -0.2) is 0 Å². The van der Waals surface area contributed by atoms with E-state index in [4.69, 9.17) is 4.74 Å². The van der Waals surface area contributed by atoms with Gasteiger partial charge in [-0.1, -0.05) is 11.6 Å². The fourth-order valence-electron chi connectivity index (χ4n) is 2.32. The van der Waals surface area contributed by atoms with Crippen LogP contribution in [-0.2, 0) is 9.53 Å². The maximum Gasteiger partial charge on any atom is 0.224 e. The second-order valence-electron chi connectivity index (χ2n) is 4.81.